The minimum absolute atomic E-state index is 0.206. The third-order valence-electron chi connectivity index (χ3n) is 5.87. The van der Waals surface area contributed by atoms with Crippen molar-refractivity contribution in [2.24, 2.45) is 0 Å². The van der Waals surface area contributed by atoms with Crippen molar-refractivity contribution < 1.29 is 9.18 Å². The second kappa shape index (κ2) is 9.98. The number of pyridine rings is 1. The van der Waals surface area contributed by atoms with Gasteiger partial charge in [-0.15, -0.1) is 0 Å². The van der Waals surface area contributed by atoms with E-state index in [1.807, 2.05) is 48.5 Å². The minimum Gasteiger partial charge on any atom is -0.380 e. The Kier molecular flexibility index (Phi) is 6.85. The van der Waals surface area contributed by atoms with Crippen LogP contribution in [-0.4, -0.2) is 53.1 Å². The summed E-state index contributed by atoms with van der Waals surface area (Å²) in [5, 5.41) is 17.0. The highest BCUT2D eigenvalue weighted by atomic mass is 32.1. The van der Waals surface area contributed by atoms with E-state index in [1.54, 1.807) is 24.1 Å². The van der Waals surface area contributed by atoms with Gasteiger partial charge in [-0.1, -0.05) is 49.1 Å². The first-order chi connectivity index (χ1) is 16.4. The van der Waals surface area contributed by atoms with Gasteiger partial charge in [0.25, 0.3) is 5.91 Å². The number of aromatic nitrogens is 1. The van der Waals surface area contributed by atoms with E-state index in [0.29, 0.717) is 30.8 Å². The molecule has 8 heteroatoms. The van der Waals surface area contributed by atoms with E-state index in [9.17, 15) is 9.18 Å². The second-order valence-corrected chi connectivity index (χ2v) is 8.67. The van der Waals surface area contributed by atoms with Gasteiger partial charge in [-0.3, -0.25) is 4.79 Å². The lowest BCUT2D eigenvalue weighted by molar-refractivity contribution is 0.0904. The van der Waals surface area contributed by atoms with Gasteiger partial charge in [0.05, 0.1) is 17.8 Å². The molecule has 4 rings (SSSR count). The topological polar surface area (TPSA) is 81.0 Å². The van der Waals surface area contributed by atoms with E-state index in [2.05, 4.69) is 22.2 Å². The number of alkyl halides is 1. The second-order valence-electron chi connectivity index (χ2n) is 8.25. The summed E-state index contributed by atoms with van der Waals surface area (Å²) in [4.78, 5) is 19.3. The molecular formula is C26H24FN5OS. The molecule has 1 aliphatic rings. The molecule has 6 nitrogen and oxygen atoms in total. The van der Waals surface area contributed by atoms with Gasteiger partial charge in [0.2, 0.25) is 0 Å². The number of likely N-dealkylation sites (tertiary alicyclic amines) is 1. The Hall–Kier alpha value is -3.83. The molecule has 2 atom stereocenters. The normalized spacial score (nSPS) is 17.8. The molecule has 0 aliphatic carbocycles. The molecule has 1 amide bonds. The Balaban J connectivity index is 1.58. The Morgan fingerprint density at radius 2 is 2.09 bits per heavy atom. The van der Waals surface area contributed by atoms with Crippen LogP contribution < -0.4 is 10.6 Å². The van der Waals surface area contributed by atoms with E-state index < -0.39 is 18.1 Å². The van der Waals surface area contributed by atoms with Gasteiger partial charge in [0.15, 0.2) is 6.17 Å². The zero-order chi connectivity index (χ0) is 24.2. The average Bonchev–Trinajstić information content (AvgIpc) is 2.87. The van der Waals surface area contributed by atoms with Gasteiger partial charge < -0.3 is 15.5 Å². The van der Waals surface area contributed by atoms with Crippen LogP contribution in [0, 0.1) is 11.3 Å². The maximum atomic E-state index is 14.6. The van der Waals surface area contributed by atoms with E-state index >= 15 is 0 Å². The molecule has 1 aromatic heterocycles. The molecule has 0 spiro atoms. The Morgan fingerprint density at radius 3 is 2.88 bits per heavy atom. The highest BCUT2D eigenvalue weighted by Crippen LogP contribution is 2.29. The molecule has 1 fully saturated rings. The third kappa shape index (κ3) is 4.90. The summed E-state index contributed by atoms with van der Waals surface area (Å²) in [6, 6.07) is 18.4. The molecule has 0 bridgehead atoms. The number of amides is 1. The van der Waals surface area contributed by atoms with Crippen molar-refractivity contribution in [3.05, 3.63) is 72.4 Å². The van der Waals surface area contributed by atoms with Gasteiger partial charge in [-0.05, 0) is 36.1 Å². The Morgan fingerprint density at radius 1 is 1.29 bits per heavy atom. The van der Waals surface area contributed by atoms with Crippen LogP contribution in [0.3, 0.4) is 0 Å². The number of thiocarbonyl (C=S) groups is 1. The highest BCUT2D eigenvalue weighted by molar-refractivity contribution is 7.80. The Bertz CT molecular complexity index is 1320. The van der Waals surface area contributed by atoms with Crippen molar-refractivity contribution in [2.45, 2.75) is 18.6 Å². The number of carbonyl (C=O) groups excluding carboxylic acids is 1. The zero-order valence-electron chi connectivity index (χ0n) is 18.7. The van der Waals surface area contributed by atoms with Crippen LogP contribution in [0.2, 0.25) is 0 Å². The van der Waals surface area contributed by atoms with E-state index in [0.717, 1.165) is 22.0 Å². The third-order valence-corrected chi connectivity index (χ3v) is 6.40. The molecule has 2 N–H and O–H groups in total. The van der Waals surface area contributed by atoms with Crippen LogP contribution in [0.1, 0.15) is 16.9 Å². The van der Waals surface area contributed by atoms with Crippen molar-refractivity contribution in [1.82, 2.24) is 15.2 Å². The summed E-state index contributed by atoms with van der Waals surface area (Å²) in [5.41, 5.74) is 2.98. The lowest BCUT2D eigenvalue weighted by atomic mass is 10.0. The van der Waals surface area contributed by atoms with E-state index in [-0.39, 0.29) is 10.7 Å². The molecular weight excluding hydrogens is 449 g/mol. The molecule has 0 radical (unpaired) electrons. The molecule has 1 aliphatic heterocycles. The van der Waals surface area contributed by atoms with Crippen LogP contribution in [0.5, 0.6) is 0 Å². The number of nitrogens with one attached hydrogen (secondary N) is 2. The van der Waals surface area contributed by atoms with Crippen LogP contribution in [0.25, 0.3) is 22.0 Å². The maximum Gasteiger partial charge on any atom is 0.270 e. The summed E-state index contributed by atoms with van der Waals surface area (Å²) < 4.78 is 14.6. The van der Waals surface area contributed by atoms with Crippen LogP contribution >= 0.6 is 12.2 Å². The average molecular weight is 474 g/mol. The summed E-state index contributed by atoms with van der Waals surface area (Å²) >= 11 is 5.13. The molecule has 2 aromatic carbocycles. The fourth-order valence-electron chi connectivity index (χ4n) is 3.91. The van der Waals surface area contributed by atoms with E-state index in [1.165, 1.54) is 0 Å². The lowest BCUT2D eigenvalue weighted by Crippen LogP contribution is -2.53. The van der Waals surface area contributed by atoms with Crippen molar-refractivity contribution in [2.75, 3.05) is 25.5 Å². The van der Waals surface area contributed by atoms with Crippen molar-refractivity contribution in [3.8, 4) is 17.3 Å². The number of anilines is 1. The predicted octanol–water partition coefficient (Wildman–Crippen LogP) is 4.49. The van der Waals surface area contributed by atoms with Crippen molar-refractivity contribution in [3.63, 3.8) is 0 Å². The standard InChI is InChI=1S/C26H24FN5OS/c1-16(14-28)15-29-21-7-3-5-17-9-10-18(13-19(17)21)20-6-4-8-23(30-20)25(33)31-22-11-12-32(2)26(34)24(22)27/h3-10,13,22,24,29H,1,11-12,15H2,2H3,(H,31,33)/t22?,24-/m1/s1. The number of carbonyl (C=O) groups is 1. The summed E-state index contributed by atoms with van der Waals surface area (Å²) in [6.07, 6.45) is -0.925. The molecule has 2 heterocycles. The quantitative estimate of drug-likeness (QED) is 0.406. The maximum absolute atomic E-state index is 14.6. The Labute approximate surface area is 203 Å². The fourth-order valence-corrected chi connectivity index (χ4v) is 4.16. The number of piperidine rings is 1. The minimum atomic E-state index is -1.40. The number of fused-ring (bicyclic) bond motifs is 1. The SMILES string of the molecule is C=C(C#N)CNc1cccc2ccc(-c3cccc(C(=O)NC4CCN(C)C(=S)[C@@H]4F)n3)cc12. The number of nitrogens with zero attached hydrogens (tertiary/aromatic N) is 3. The fraction of sp³-hybridized carbons (Fsp3) is 0.231. The summed E-state index contributed by atoms with van der Waals surface area (Å²) in [5.74, 6) is -0.431. The van der Waals surface area contributed by atoms with Gasteiger partial charge in [0, 0.05) is 42.3 Å². The molecule has 34 heavy (non-hydrogen) atoms. The first-order valence-corrected chi connectivity index (χ1v) is 11.3. The smallest absolute Gasteiger partial charge is 0.270 e. The number of hydrogen-bond acceptors (Lipinski definition) is 5. The van der Waals surface area contributed by atoms with Crippen molar-refractivity contribution >= 4 is 39.6 Å². The van der Waals surface area contributed by atoms with Gasteiger partial charge in [-0.2, -0.15) is 5.26 Å². The summed E-state index contributed by atoms with van der Waals surface area (Å²) in [7, 11) is 1.75. The number of rotatable bonds is 6. The highest BCUT2D eigenvalue weighted by Gasteiger charge is 2.33. The molecule has 0 saturated carbocycles. The first-order valence-electron chi connectivity index (χ1n) is 10.9. The summed E-state index contributed by atoms with van der Waals surface area (Å²) in [6.45, 7) is 4.65. The van der Waals surface area contributed by atoms with Crippen LogP contribution in [-0.2, 0) is 0 Å². The van der Waals surface area contributed by atoms with E-state index in [4.69, 9.17) is 17.5 Å². The first kappa shape index (κ1) is 23.3. The largest absolute Gasteiger partial charge is 0.380 e. The number of nitriles is 1. The molecule has 1 unspecified atom stereocenters. The van der Waals surface area contributed by atoms with Gasteiger partial charge in [0.1, 0.15) is 10.7 Å². The zero-order valence-corrected chi connectivity index (χ0v) is 19.5. The van der Waals surface area contributed by atoms with Crippen LogP contribution in [0.4, 0.5) is 10.1 Å². The van der Waals surface area contributed by atoms with Crippen molar-refractivity contribution in [1.29, 1.82) is 5.26 Å². The predicted molar refractivity (Wildman–Crippen MR) is 136 cm³/mol. The molecule has 172 valence electrons. The molecule has 1 saturated heterocycles. The molecule has 3 aromatic rings. The van der Waals surface area contributed by atoms with Gasteiger partial charge in [-0.25, -0.2) is 9.37 Å². The number of hydrogen-bond donors (Lipinski definition) is 2. The monoisotopic (exact) mass is 473 g/mol. The van der Waals surface area contributed by atoms with Crippen LogP contribution in [0.15, 0.2) is 66.7 Å². The lowest BCUT2D eigenvalue weighted by Gasteiger charge is -2.34. The number of benzene rings is 2. The van der Waals surface area contributed by atoms with Gasteiger partial charge >= 0.3 is 0 Å². The number of halogens is 1.